The van der Waals surface area contributed by atoms with Crippen LogP contribution < -0.4 is 5.73 Å². The molecule has 0 spiro atoms. The number of pyridine rings is 1. The van der Waals surface area contributed by atoms with Gasteiger partial charge in [-0.15, -0.1) is 0 Å². The van der Waals surface area contributed by atoms with Gasteiger partial charge in [-0.2, -0.15) is 0 Å². The summed E-state index contributed by atoms with van der Waals surface area (Å²) in [7, 11) is 1.22. The first-order valence-electron chi connectivity index (χ1n) is 5.74. The summed E-state index contributed by atoms with van der Waals surface area (Å²) >= 11 is 0. The van der Waals surface area contributed by atoms with Gasteiger partial charge in [-0.05, 0) is 24.5 Å². The second-order valence-electron chi connectivity index (χ2n) is 4.63. The molecule has 0 radical (unpaired) electrons. The molecule has 1 unspecified atom stereocenters. The van der Waals surface area contributed by atoms with Crippen molar-refractivity contribution in [2.75, 3.05) is 7.11 Å². The van der Waals surface area contributed by atoms with Crippen molar-refractivity contribution in [1.82, 2.24) is 4.98 Å². The molecule has 0 aliphatic heterocycles. The van der Waals surface area contributed by atoms with E-state index in [1.54, 1.807) is 18.3 Å². The number of carbonyl (C=O) groups is 2. The number of esters is 1. The molecule has 1 aromatic rings. The highest BCUT2D eigenvalue weighted by Gasteiger charge is 2.43. The molecule has 2 N–H and O–H groups in total. The summed E-state index contributed by atoms with van der Waals surface area (Å²) in [4.78, 5) is 28.0. The Hall–Kier alpha value is -1.75. The highest BCUT2D eigenvalue weighted by molar-refractivity contribution is 6.16. The number of nitrogens with zero attached hydrogens (tertiary/aromatic N) is 1. The summed E-state index contributed by atoms with van der Waals surface area (Å²) in [6.45, 7) is 3.78. The van der Waals surface area contributed by atoms with Gasteiger partial charge in [-0.1, -0.05) is 13.8 Å². The molecule has 0 fully saturated rings. The molecular weight excluding hydrogens is 232 g/mol. The zero-order valence-electron chi connectivity index (χ0n) is 10.8. The third kappa shape index (κ3) is 2.92. The van der Waals surface area contributed by atoms with Crippen molar-refractivity contribution in [2.24, 2.45) is 11.7 Å². The SMILES string of the molecule is COC(=O)C(N)(CC(C)C)C(=O)c1cccnc1. The van der Waals surface area contributed by atoms with Gasteiger partial charge in [0, 0.05) is 18.0 Å². The first kappa shape index (κ1) is 14.3. The average Bonchev–Trinajstić information content (AvgIpc) is 2.36. The summed E-state index contributed by atoms with van der Waals surface area (Å²) in [6, 6.07) is 3.21. The number of hydrogen-bond donors (Lipinski definition) is 1. The average molecular weight is 250 g/mol. The smallest absolute Gasteiger partial charge is 0.334 e. The summed E-state index contributed by atoms with van der Waals surface area (Å²) in [6.07, 6.45) is 3.18. The number of carbonyl (C=O) groups excluding carboxylic acids is 2. The first-order valence-corrected chi connectivity index (χ1v) is 5.74. The maximum Gasteiger partial charge on any atom is 0.334 e. The van der Waals surface area contributed by atoms with E-state index in [0.29, 0.717) is 5.56 Å². The lowest BCUT2D eigenvalue weighted by molar-refractivity contribution is -0.145. The molecule has 0 aromatic carbocycles. The van der Waals surface area contributed by atoms with Crippen LogP contribution in [-0.2, 0) is 9.53 Å². The summed E-state index contributed by atoms with van der Waals surface area (Å²) in [5, 5.41) is 0. The van der Waals surface area contributed by atoms with Crippen LogP contribution >= 0.6 is 0 Å². The van der Waals surface area contributed by atoms with Gasteiger partial charge in [0.05, 0.1) is 7.11 Å². The van der Waals surface area contributed by atoms with Crippen LogP contribution in [-0.4, -0.2) is 29.4 Å². The van der Waals surface area contributed by atoms with Crippen LogP contribution in [0.4, 0.5) is 0 Å². The summed E-state index contributed by atoms with van der Waals surface area (Å²) in [5.74, 6) is -1.09. The molecule has 1 heterocycles. The Balaban J connectivity index is 3.11. The third-order valence-corrected chi connectivity index (χ3v) is 2.61. The molecule has 98 valence electrons. The largest absolute Gasteiger partial charge is 0.467 e. The number of hydrogen-bond acceptors (Lipinski definition) is 5. The summed E-state index contributed by atoms with van der Waals surface area (Å²) < 4.78 is 4.65. The Morgan fingerprint density at radius 1 is 1.50 bits per heavy atom. The third-order valence-electron chi connectivity index (χ3n) is 2.61. The van der Waals surface area contributed by atoms with E-state index < -0.39 is 17.3 Å². The molecular formula is C13H18N2O3. The van der Waals surface area contributed by atoms with Gasteiger partial charge in [-0.25, -0.2) is 4.79 Å². The molecule has 5 heteroatoms. The lowest BCUT2D eigenvalue weighted by Gasteiger charge is -2.26. The highest BCUT2D eigenvalue weighted by atomic mass is 16.5. The Kier molecular flexibility index (Phi) is 4.55. The summed E-state index contributed by atoms with van der Waals surface area (Å²) in [5.41, 5.74) is 4.64. The van der Waals surface area contributed by atoms with Crippen molar-refractivity contribution in [3.63, 3.8) is 0 Å². The van der Waals surface area contributed by atoms with Gasteiger partial charge in [0.2, 0.25) is 0 Å². The van der Waals surface area contributed by atoms with Crippen molar-refractivity contribution in [3.8, 4) is 0 Å². The zero-order valence-corrected chi connectivity index (χ0v) is 10.8. The molecule has 1 atom stereocenters. The van der Waals surface area contributed by atoms with E-state index in [4.69, 9.17) is 5.73 Å². The Morgan fingerprint density at radius 2 is 2.17 bits per heavy atom. The number of Topliss-reactive ketones (excluding diaryl/α,β-unsaturated/α-hetero) is 1. The second-order valence-corrected chi connectivity index (χ2v) is 4.63. The van der Waals surface area contributed by atoms with Crippen molar-refractivity contribution in [1.29, 1.82) is 0 Å². The maximum absolute atomic E-state index is 12.3. The Bertz CT molecular complexity index is 431. The fourth-order valence-corrected chi connectivity index (χ4v) is 1.85. The van der Waals surface area contributed by atoms with Gasteiger partial charge in [0.25, 0.3) is 0 Å². The van der Waals surface area contributed by atoms with Crippen LogP contribution in [0.1, 0.15) is 30.6 Å². The molecule has 1 rings (SSSR count). The van der Waals surface area contributed by atoms with Crippen LogP contribution in [0, 0.1) is 5.92 Å². The molecule has 1 aromatic heterocycles. The quantitative estimate of drug-likeness (QED) is 0.482. The lowest BCUT2D eigenvalue weighted by atomic mass is 9.83. The van der Waals surface area contributed by atoms with Gasteiger partial charge < -0.3 is 10.5 Å². The van der Waals surface area contributed by atoms with Crippen LogP contribution in [0.3, 0.4) is 0 Å². The molecule has 0 aliphatic carbocycles. The molecule has 0 saturated carbocycles. The number of ether oxygens (including phenoxy) is 1. The number of nitrogens with two attached hydrogens (primary N) is 1. The minimum atomic E-state index is -1.65. The predicted octanol–water partition coefficient (Wildman–Crippen LogP) is 1.18. The zero-order chi connectivity index (χ0) is 13.8. The Labute approximate surface area is 106 Å². The molecule has 18 heavy (non-hydrogen) atoms. The minimum absolute atomic E-state index is 0.0923. The molecule has 0 bridgehead atoms. The van der Waals surface area contributed by atoms with Crippen LogP contribution in [0.15, 0.2) is 24.5 Å². The van der Waals surface area contributed by atoms with Crippen molar-refractivity contribution in [3.05, 3.63) is 30.1 Å². The fraction of sp³-hybridized carbons (Fsp3) is 0.462. The highest BCUT2D eigenvalue weighted by Crippen LogP contribution is 2.21. The fourth-order valence-electron chi connectivity index (χ4n) is 1.85. The molecule has 0 saturated heterocycles. The van der Waals surface area contributed by atoms with E-state index in [1.165, 1.54) is 13.3 Å². The van der Waals surface area contributed by atoms with Crippen molar-refractivity contribution >= 4 is 11.8 Å². The predicted molar refractivity (Wildman–Crippen MR) is 67.0 cm³/mol. The molecule has 0 aliphatic rings. The number of methoxy groups -OCH3 is 1. The first-order chi connectivity index (χ1) is 8.41. The van der Waals surface area contributed by atoms with Crippen LogP contribution in [0.5, 0.6) is 0 Å². The van der Waals surface area contributed by atoms with Gasteiger partial charge in [-0.3, -0.25) is 9.78 Å². The van der Waals surface area contributed by atoms with E-state index in [0.717, 1.165) is 0 Å². The van der Waals surface area contributed by atoms with E-state index >= 15 is 0 Å². The number of ketones is 1. The van der Waals surface area contributed by atoms with E-state index in [-0.39, 0.29) is 12.3 Å². The standard InChI is InChI=1S/C13H18N2O3/c1-9(2)7-13(14,12(17)18-3)11(16)10-5-4-6-15-8-10/h4-6,8-9H,7,14H2,1-3H3. The van der Waals surface area contributed by atoms with Gasteiger partial charge >= 0.3 is 5.97 Å². The van der Waals surface area contributed by atoms with Crippen molar-refractivity contribution < 1.29 is 14.3 Å². The minimum Gasteiger partial charge on any atom is -0.467 e. The molecule has 0 amide bonds. The maximum atomic E-state index is 12.3. The van der Waals surface area contributed by atoms with Crippen LogP contribution in [0.2, 0.25) is 0 Å². The molecule has 5 nitrogen and oxygen atoms in total. The van der Waals surface area contributed by atoms with E-state index in [1.807, 2.05) is 13.8 Å². The monoisotopic (exact) mass is 250 g/mol. The topological polar surface area (TPSA) is 82.3 Å². The lowest BCUT2D eigenvalue weighted by Crippen LogP contribution is -2.56. The number of rotatable bonds is 5. The van der Waals surface area contributed by atoms with E-state index in [2.05, 4.69) is 9.72 Å². The van der Waals surface area contributed by atoms with E-state index in [9.17, 15) is 9.59 Å². The second kappa shape index (κ2) is 5.73. The van der Waals surface area contributed by atoms with Crippen molar-refractivity contribution in [2.45, 2.75) is 25.8 Å². The Morgan fingerprint density at radius 3 is 2.61 bits per heavy atom. The van der Waals surface area contributed by atoms with Crippen LogP contribution in [0.25, 0.3) is 0 Å². The number of aromatic nitrogens is 1. The van der Waals surface area contributed by atoms with Gasteiger partial charge in [0.1, 0.15) is 0 Å². The van der Waals surface area contributed by atoms with Gasteiger partial charge in [0.15, 0.2) is 11.3 Å². The normalized spacial score (nSPS) is 14.1.